The monoisotopic (exact) mass is 411 g/mol. The third-order valence-electron chi connectivity index (χ3n) is 6.62. The molecule has 3 atom stereocenters. The van der Waals surface area contributed by atoms with Gasteiger partial charge in [0.1, 0.15) is 5.56 Å². The largest absolute Gasteiger partial charge is 0.380 e. The van der Waals surface area contributed by atoms with Gasteiger partial charge in [0, 0.05) is 37.3 Å². The topological polar surface area (TPSA) is 63.6 Å². The zero-order chi connectivity index (χ0) is 21.3. The van der Waals surface area contributed by atoms with E-state index in [0.29, 0.717) is 12.1 Å². The second-order valence-corrected chi connectivity index (χ2v) is 8.85. The number of benzene rings is 1. The lowest BCUT2D eigenvalue weighted by Gasteiger charge is -2.39. The second-order valence-electron chi connectivity index (χ2n) is 8.85. The Kier molecular flexibility index (Phi) is 6.25. The molecular formula is C24H33N3O3. The van der Waals surface area contributed by atoms with Crippen molar-refractivity contribution < 1.29 is 9.53 Å². The summed E-state index contributed by atoms with van der Waals surface area (Å²) in [7, 11) is 0. The molecule has 1 amide bonds. The fourth-order valence-corrected chi connectivity index (χ4v) is 5.30. The van der Waals surface area contributed by atoms with Gasteiger partial charge in [-0.1, -0.05) is 18.2 Å². The number of nitrogens with zero attached hydrogens (tertiary/aromatic N) is 2. The summed E-state index contributed by atoms with van der Waals surface area (Å²) in [6.07, 6.45) is 4.25. The molecule has 0 spiro atoms. The van der Waals surface area contributed by atoms with Gasteiger partial charge >= 0.3 is 0 Å². The van der Waals surface area contributed by atoms with Crippen molar-refractivity contribution in [1.29, 1.82) is 0 Å². The van der Waals surface area contributed by atoms with Crippen LogP contribution in [0.5, 0.6) is 0 Å². The fraction of sp³-hybridized carbons (Fsp3) is 0.583. The summed E-state index contributed by atoms with van der Waals surface area (Å²) >= 11 is 0. The van der Waals surface area contributed by atoms with Gasteiger partial charge in [-0.3, -0.25) is 14.5 Å². The number of pyridine rings is 1. The van der Waals surface area contributed by atoms with Gasteiger partial charge < -0.3 is 14.6 Å². The van der Waals surface area contributed by atoms with Crippen LogP contribution in [-0.4, -0.2) is 53.3 Å². The highest BCUT2D eigenvalue weighted by Crippen LogP contribution is 2.35. The average Bonchev–Trinajstić information content (AvgIpc) is 2.95. The van der Waals surface area contributed by atoms with Gasteiger partial charge in [0.15, 0.2) is 0 Å². The van der Waals surface area contributed by atoms with Crippen molar-refractivity contribution >= 4 is 16.8 Å². The first-order valence-corrected chi connectivity index (χ1v) is 11.3. The minimum atomic E-state index is -0.243. The Hall–Kier alpha value is -2.18. The van der Waals surface area contributed by atoms with Crippen molar-refractivity contribution in [1.82, 2.24) is 14.8 Å². The van der Waals surface area contributed by atoms with E-state index in [1.54, 1.807) is 10.6 Å². The number of aromatic nitrogens is 1. The lowest BCUT2D eigenvalue weighted by Crippen LogP contribution is -2.51. The van der Waals surface area contributed by atoms with E-state index in [4.69, 9.17) is 4.74 Å². The zero-order valence-corrected chi connectivity index (χ0v) is 18.3. The number of fused-ring (bicyclic) bond motifs is 3. The predicted octanol–water partition coefficient (Wildman–Crippen LogP) is 3.34. The molecule has 6 heteroatoms. The molecule has 2 bridgehead atoms. The summed E-state index contributed by atoms with van der Waals surface area (Å²) in [6.45, 7) is 8.47. The van der Waals surface area contributed by atoms with Crippen LogP contribution >= 0.6 is 0 Å². The van der Waals surface area contributed by atoms with E-state index >= 15 is 0 Å². The normalized spacial score (nSPS) is 23.9. The molecule has 1 N–H and O–H groups in total. The van der Waals surface area contributed by atoms with Crippen molar-refractivity contribution in [2.45, 2.75) is 70.6 Å². The number of rotatable bonds is 7. The summed E-state index contributed by atoms with van der Waals surface area (Å²) < 4.78 is 7.27. The maximum absolute atomic E-state index is 13.1. The molecule has 0 aliphatic carbocycles. The third-order valence-corrected chi connectivity index (χ3v) is 6.62. The van der Waals surface area contributed by atoms with Crippen molar-refractivity contribution in [3.05, 3.63) is 46.2 Å². The Labute approximate surface area is 178 Å². The number of amides is 1. The molecule has 162 valence electrons. The lowest BCUT2D eigenvalue weighted by molar-refractivity contribution is 0.0603. The molecule has 1 aromatic carbocycles. The molecule has 2 aromatic rings. The van der Waals surface area contributed by atoms with E-state index in [0.717, 1.165) is 43.5 Å². The average molecular weight is 412 g/mol. The highest BCUT2D eigenvalue weighted by molar-refractivity contribution is 5.97. The first-order chi connectivity index (χ1) is 14.5. The van der Waals surface area contributed by atoms with Crippen molar-refractivity contribution in [3.8, 4) is 0 Å². The van der Waals surface area contributed by atoms with Crippen LogP contribution < -0.4 is 10.9 Å². The maximum atomic E-state index is 13.1. The molecule has 4 rings (SSSR count). The van der Waals surface area contributed by atoms with Gasteiger partial charge in [-0.25, -0.2) is 0 Å². The van der Waals surface area contributed by atoms with Crippen LogP contribution in [0.2, 0.25) is 0 Å². The summed E-state index contributed by atoms with van der Waals surface area (Å²) in [5, 5.41) is 4.10. The van der Waals surface area contributed by atoms with Crippen LogP contribution in [0.1, 0.15) is 62.9 Å². The van der Waals surface area contributed by atoms with Crippen LogP contribution in [0.25, 0.3) is 10.9 Å². The van der Waals surface area contributed by atoms with Crippen LogP contribution in [0.3, 0.4) is 0 Å². The fourth-order valence-electron chi connectivity index (χ4n) is 5.30. The molecule has 2 saturated heterocycles. The molecule has 0 saturated carbocycles. The van der Waals surface area contributed by atoms with Gasteiger partial charge in [0.25, 0.3) is 11.5 Å². The number of hydrogen-bond donors (Lipinski definition) is 1. The van der Waals surface area contributed by atoms with Crippen LogP contribution in [-0.2, 0) is 4.74 Å². The number of piperidine rings is 1. The van der Waals surface area contributed by atoms with Gasteiger partial charge in [-0.15, -0.1) is 0 Å². The van der Waals surface area contributed by atoms with Gasteiger partial charge in [0.2, 0.25) is 0 Å². The summed E-state index contributed by atoms with van der Waals surface area (Å²) in [5.41, 5.74) is 0.904. The van der Waals surface area contributed by atoms with Crippen molar-refractivity contribution in [2.24, 2.45) is 0 Å². The maximum Gasteiger partial charge on any atom is 0.264 e. The SMILES string of the molecule is CCOCCN1[C@@H]2CC[C@H]1CC(NC(=O)c1cc3ccccc3n(C(C)C)c1=O)C2. The smallest absolute Gasteiger partial charge is 0.264 e. The minimum Gasteiger partial charge on any atom is -0.380 e. The Bertz CT molecular complexity index is 954. The second kappa shape index (κ2) is 8.90. The molecule has 6 nitrogen and oxygen atoms in total. The predicted molar refractivity (Wildman–Crippen MR) is 119 cm³/mol. The Morgan fingerprint density at radius 3 is 2.57 bits per heavy atom. The molecule has 1 aromatic heterocycles. The van der Waals surface area contributed by atoms with Gasteiger partial charge in [-0.2, -0.15) is 0 Å². The van der Waals surface area contributed by atoms with E-state index < -0.39 is 0 Å². The molecule has 2 aliphatic heterocycles. The van der Waals surface area contributed by atoms with Crippen LogP contribution in [0.4, 0.5) is 0 Å². The number of carbonyl (C=O) groups excluding carboxylic acids is 1. The molecule has 30 heavy (non-hydrogen) atoms. The molecule has 3 heterocycles. The van der Waals surface area contributed by atoms with Crippen molar-refractivity contribution in [2.75, 3.05) is 19.8 Å². The van der Waals surface area contributed by atoms with E-state index in [9.17, 15) is 9.59 Å². The quantitative estimate of drug-likeness (QED) is 0.710. The van der Waals surface area contributed by atoms with Crippen LogP contribution in [0, 0.1) is 0 Å². The number of ether oxygens (including phenoxy) is 1. The summed E-state index contributed by atoms with van der Waals surface area (Å²) in [5.74, 6) is -0.243. The minimum absolute atomic E-state index is 0.0143. The van der Waals surface area contributed by atoms with E-state index in [-0.39, 0.29) is 29.1 Å². The summed E-state index contributed by atoms with van der Waals surface area (Å²) in [6, 6.07) is 10.6. The lowest BCUT2D eigenvalue weighted by atomic mass is 9.97. The highest BCUT2D eigenvalue weighted by atomic mass is 16.5. The Morgan fingerprint density at radius 1 is 1.20 bits per heavy atom. The number of hydrogen-bond acceptors (Lipinski definition) is 4. The molecule has 2 fully saturated rings. The third kappa shape index (κ3) is 4.03. The molecule has 0 radical (unpaired) electrons. The van der Waals surface area contributed by atoms with Gasteiger partial charge in [0.05, 0.1) is 12.1 Å². The van der Waals surface area contributed by atoms with E-state index in [1.807, 2.05) is 45.0 Å². The number of carbonyl (C=O) groups is 1. The zero-order valence-electron chi connectivity index (χ0n) is 18.3. The van der Waals surface area contributed by atoms with E-state index in [1.165, 1.54) is 12.8 Å². The molecular weight excluding hydrogens is 378 g/mol. The standard InChI is InChI=1S/C24H33N3O3/c1-4-30-12-11-26-19-9-10-20(26)15-18(14-19)25-23(28)21-13-17-7-5-6-8-22(17)27(16(2)3)24(21)29/h5-8,13,16,18-20H,4,9-12,14-15H2,1-3H3,(H,25,28)/t18?,19-,20+. The van der Waals surface area contributed by atoms with Gasteiger partial charge in [-0.05, 0) is 64.0 Å². The molecule has 2 aliphatic rings. The highest BCUT2D eigenvalue weighted by Gasteiger charge is 2.40. The first kappa shape index (κ1) is 21.1. The number of para-hydroxylation sites is 1. The Balaban J connectivity index is 1.51. The van der Waals surface area contributed by atoms with Crippen molar-refractivity contribution in [3.63, 3.8) is 0 Å². The van der Waals surface area contributed by atoms with Crippen LogP contribution in [0.15, 0.2) is 35.1 Å². The number of nitrogens with one attached hydrogen (secondary N) is 1. The Morgan fingerprint density at radius 2 is 1.90 bits per heavy atom. The summed E-state index contributed by atoms with van der Waals surface area (Å²) in [4.78, 5) is 28.8. The van der Waals surface area contributed by atoms with E-state index in [2.05, 4.69) is 10.2 Å². The molecule has 1 unspecified atom stereocenters. The first-order valence-electron chi connectivity index (χ1n) is 11.3.